The summed E-state index contributed by atoms with van der Waals surface area (Å²) < 4.78 is 20.8. The summed E-state index contributed by atoms with van der Waals surface area (Å²) in [6.45, 7) is 3.83. The van der Waals surface area contributed by atoms with Crippen LogP contribution in [0.2, 0.25) is 0 Å². The summed E-state index contributed by atoms with van der Waals surface area (Å²) in [5, 5.41) is 44.8. The summed E-state index contributed by atoms with van der Waals surface area (Å²) in [7, 11) is 4.78. The smallest absolute Gasteiger partial charge is 0.201 e. The lowest BCUT2D eigenvalue weighted by Gasteiger charge is -2.20. The van der Waals surface area contributed by atoms with E-state index in [1.54, 1.807) is 47.5 Å². The second-order valence-electron chi connectivity index (χ2n) is 11.7. The first-order valence-electron chi connectivity index (χ1n) is 14.3. The largest absolute Gasteiger partial charge is 0.507 e. The number of hydrogen-bond donors (Lipinski definition) is 4. The van der Waals surface area contributed by atoms with Gasteiger partial charge >= 0.3 is 0 Å². The summed E-state index contributed by atoms with van der Waals surface area (Å²) in [5.41, 5.74) is 0.614. The van der Waals surface area contributed by atoms with Gasteiger partial charge in [0, 0.05) is 32.3 Å². The van der Waals surface area contributed by atoms with Crippen LogP contribution in [0.3, 0.4) is 0 Å². The molecule has 230 valence electrons. The molecule has 6 aromatic rings. The highest BCUT2D eigenvalue weighted by Crippen LogP contribution is 2.47. The van der Waals surface area contributed by atoms with E-state index >= 15 is 0 Å². The number of aromatic hydroxyl groups is 3. The van der Waals surface area contributed by atoms with Gasteiger partial charge in [-0.25, -0.2) is 0 Å². The summed E-state index contributed by atoms with van der Waals surface area (Å²) in [4.78, 5) is 27.3. The Morgan fingerprint density at radius 1 is 0.822 bits per heavy atom. The molecule has 4 aromatic carbocycles. The van der Waals surface area contributed by atoms with Gasteiger partial charge in [-0.3, -0.25) is 9.59 Å². The maximum atomic E-state index is 13.8. The minimum atomic E-state index is -1.04. The first-order valence-corrected chi connectivity index (χ1v) is 14.3. The Hall–Kier alpha value is -5.42. The van der Waals surface area contributed by atoms with Gasteiger partial charge in [0.2, 0.25) is 10.9 Å². The monoisotopic (exact) mass is 610 g/mol. The van der Waals surface area contributed by atoms with Crippen molar-refractivity contribution in [3.63, 3.8) is 0 Å². The fourth-order valence-corrected chi connectivity index (χ4v) is 6.60. The Balaban J connectivity index is 1.47. The number of rotatable bonds is 4. The number of aliphatic hydroxyl groups is 1. The van der Waals surface area contributed by atoms with Crippen molar-refractivity contribution in [1.29, 1.82) is 0 Å². The lowest BCUT2D eigenvalue weighted by Crippen LogP contribution is -2.25. The zero-order valence-electron chi connectivity index (χ0n) is 25.1. The van der Waals surface area contributed by atoms with Crippen LogP contribution < -0.4 is 25.1 Å². The van der Waals surface area contributed by atoms with Crippen LogP contribution in [-0.2, 0) is 14.1 Å². The van der Waals surface area contributed by atoms with Crippen LogP contribution in [0.15, 0.2) is 58.1 Å². The van der Waals surface area contributed by atoms with Crippen LogP contribution >= 0.6 is 0 Å². The third-order valence-electron chi connectivity index (χ3n) is 8.76. The normalized spacial score (nSPS) is 16.2. The molecular formula is C34H30N2O9. The Bertz CT molecular complexity index is 2370. The summed E-state index contributed by atoms with van der Waals surface area (Å²) >= 11 is 0. The number of benzene rings is 4. The number of phenolic OH excluding ortho intramolecular Hbond substituents is 3. The second kappa shape index (κ2) is 9.80. The van der Waals surface area contributed by atoms with Gasteiger partial charge in [0.25, 0.3) is 0 Å². The van der Waals surface area contributed by atoms with E-state index in [4.69, 9.17) is 14.2 Å². The highest BCUT2D eigenvalue weighted by atomic mass is 16.5. The van der Waals surface area contributed by atoms with Crippen molar-refractivity contribution < 1.29 is 34.6 Å². The number of aromatic nitrogens is 2. The summed E-state index contributed by atoms with van der Waals surface area (Å²) in [6, 6.07) is 12.1. The number of aliphatic hydroxyl groups excluding tert-OH is 1. The molecule has 4 N–H and O–H groups in total. The topological polar surface area (TPSA) is 153 Å². The van der Waals surface area contributed by atoms with Crippen molar-refractivity contribution in [1.82, 2.24) is 9.13 Å². The van der Waals surface area contributed by atoms with Crippen LogP contribution in [0.4, 0.5) is 0 Å². The standard InChI is InChI=1S/C34H30N2O9/c1-14(2)34-33(42)26-23(45-34)13-20(38)25-29(26)36(4)27-16(31(25)40)7-6-8-21(27)44-22-10-9-17-28(32(22)41)35(3)18-11-15(43-5)12-19(37)24(18)30(17)39/h6-14,33-34,37-38,41-42H,1-5H3/t33-,34+/m0/s1. The van der Waals surface area contributed by atoms with E-state index < -0.39 is 23.1 Å². The lowest BCUT2D eigenvalue weighted by molar-refractivity contribution is 0.0386. The number of fused-ring (bicyclic) bond motifs is 6. The number of methoxy groups -OCH3 is 1. The third kappa shape index (κ3) is 3.86. The van der Waals surface area contributed by atoms with Crippen LogP contribution in [-0.4, -0.2) is 42.8 Å². The maximum absolute atomic E-state index is 13.8. The predicted octanol–water partition coefficient (Wildman–Crippen LogP) is 5.06. The molecule has 0 aliphatic carbocycles. The quantitative estimate of drug-likeness (QED) is 0.201. The maximum Gasteiger partial charge on any atom is 0.201 e. The molecular weight excluding hydrogens is 580 g/mol. The second-order valence-corrected chi connectivity index (χ2v) is 11.7. The summed E-state index contributed by atoms with van der Waals surface area (Å²) in [5.74, 6) is -0.0513. The van der Waals surface area contributed by atoms with Gasteiger partial charge in [-0.15, -0.1) is 0 Å². The number of nitrogens with zero attached hydrogens (tertiary/aromatic N) is 2. The molecule has 0 amide bonds. The van der Waals surface area contributed by atoms with Gasteiger partial charge in [-0.05, 0) is 30.2 Å². The average molecular weight is 611 g/mol. The molecule has 0 spiro atoms. The molecule has 0 fully saturated rings. The minimum absolute atomic E-state index is 0.00777. The van der Waals surface area contributed by atoms with Crippen molar-refractivity contribution in [2.24, 2.45) is 20.0 Å². The summed E-state index contributed by atoms with van der Waals surface area (Å²) in [6.07, 6.45) is -1.61. The number of ether oxygens (including phenoxy) is 3. The molecule has 2 atom stereocenters. The molecule has 11 heteroatoms. The molecule has 0 unspecified atom stereocenters. The zero-order valence-corrected chi connectivity index (χ0v) is 25.1. The molecule has 0 saturated heterocycles. The first-order chi connectivity index (χ1) is 21.4. The fourth-order valence-electron chi connectivity index (χ4n) is 6.60. The Kier molecular flexibility index (Phi) is 6.17. The van der Waals surface area contributed by atoms with Gasteiger partial charge < -0.3 is 43.8 Å². The first kappa shape index (κ1) is 28.4. The van der Waals surface area contributed by atoms with Gasteiger partial charge in [0.1, 0.15) is 35.2 Å². The van der Waals surface area contributed by atoms with E-state index in [0.29, 0.717) is 33.6 Å². The Morgan fingerprint density at radius 2 is 1.51 bits per heavy atom. The van der Waals surface area contributed by atoms with E-state index in [9.17, 15) is 30.0 Å². The van der Waals surface area contributed by atoms with E-state index in [1.165, 1.54) is 31.4 Å². The van der Waals surface area contributed by atoms with E-state index in [2.05, 4.69) is 0 Å². The zero-order chi connectivity index (χ0) is 32.1. The molecule has 0 bridgehead atoms. The molecule has 11 nitrogen and oxygen atoms in total. The Morgan fingerprint density at radius 3 is 2.22 bits per heavy atom. The molecule has 2 aromatic heterocycles. The molecule has 0 radical (unpaired) electrons. The van der Waals surface area contributed by atoms with Crippen molar-refractivity contribution in [3.05, 3.63) is 74.5 Å². The van der Waals surface area contributed by atoms with Crippen molar-refractivity contribution >= 4 is 43.6 Å². The fraction of sp³-hybridized carbons (Fsp3) is 0.235. The van der Waals surface area contributed by atoms with E-state index in [0.717, 1.165) is 0 Å². The van der Waals surface area contributed by atoms with Crippen molar-refractivity contribution in [2.45, 2.75) is 26.1 Å². The van der Waals surface area contributed by atoms with Crippen molar-refractivity contribution in [2.75, 3.05) is 7.11 Å². The molecule has 7 rings (SSSR count). The SMILES string of the molecule is COc1cc(O)c2c(=O)c3ccc(Oc4cccc5c(=O)c6c(O)cc7c(c6n(C)c45)[C@H](O)[C@@H](C(C)C)O7)c(O)c3n(C)c2c1. The lowest BCUT2D eigenvalue weighted by atomic mass is 9.95. The van der Waals surface area contributed by atoms with Crippen LogP contribution in [0.5, 0.6) is 40.2 Å². The molecule has 1 aliphatic rings. The van der Waals surface area contributed by atoms with Crippen molar-refractivity contribution in [3.8, 4) is 40.2 Å². The van der Waals surface area contributed by atoms with Gasteiger partial charge in [-0.2, -0.15) is 0 Å². The Labute approximate surface area is 255 Å². The number of para-hydroxylation sites is 1. The minimum Gasteiger partial charge on any atom is -0.507 e. The van der Waals surface area contributed by atoms with Gasteiger partial charge in [0.05, 0.1) is 56.3 Å². The molecule has 45 heavy (non-hydrogen) atoms. The van der Waals surface area contributed by atoms with Crippen LogP contribution in [0.25, 0.3) is 43.6 Å². The number of aryl methyl sites for hydroxylation is 2. The van der Waals surface area contributed by atoms with E-state index in [1.807, 2.05) is 13.8 Å². The highest BCUT2D eigenvalue weighted by Gasteiger charge is 2.38. The number of phenols is 3. The van der Waals surface area contributed by atoms with Gasteiger partial charge in [0.15, 0.2) is 17.2 Å². The average Bonchev–Trinajstić information content (AvgIpc) is 3.34. The van der Waals surface area contributed by atoms with Gasteiger partial charge in [-0.1, -0.05) is 19.9 Å². The predicted molar refractivity (Wildman–Crippen MR) is 169 cm³/mol. The highest BCUT2D eigenvalue weighted by molar-refractivity contribution is 6.02. The number of pyridine rings is 2. The van der Waals surface area contributed by atoms with E-state index in [-0.39, 0.29) is 61.7 Å². The number of hydrogen-bond acceptors (Lipinski definition) is 9. The molecule has 0 saturated carbocycles. The molecule has 1 aliphatic heterocycles. The van der Waals surface area contributed by atoms with Crippen LogP contribution in [0.1, 0.15) is 25.5 Å². The molecule has 3 heterocycles. The van der Waals surface area contributed by atoms with Crippen LogP contribution in [0, 0.1) is 5.92 Å². The third-order valence-corrected chi connectivity index (χ3v) is 8.76.